The first-order valence-corrected chi connectivity index (χ1v) is 24.6. The molecule has 0 atom stereocenters. The van der Waals surface area contributed by atoms with Crippen LogP contribution >= 0.6 is 23.5 Å². The second kappa shape index (κ2) is 15.8. The van der Waals surface area contributed by atoms with Gasteiger partial charge in [0.1, 0.15) is 0 Å². The molecule has 0 N–H and O–H groups in total. The molecule has 2 aliphatic rings. The lowest BCUT2D eigenvalue weighted by molar-refractivity contribution is 0.642. The second-order valence-electron chi connectivity index (χ2n) is 18.1. The van der Waals surface area contributed by atoms with Gasteiger partial charge in [0.25, 0.3) is 0 Å². The van der Waals surface area contributed by atoms with Gasteiger partial charge in [0.05, 0.1) is 11.0 Å². The molecule has 0 saturated carbocycles. The van der Waals surface area contributed by atoms with Gasteiger partial charge in [0, 0.05) is 64.1 Å². The first-order valence-electron chi connectivity index (χ1n) is 23.0. The van der Waals surface area contributed by atoms with Crippen molar-refractivity contribution in [1.82, 2.24) is 4.57 Å². The van der Waals surface area contributed by atoms with Crippen LogP contribution in [0.4, 0.5) is 17.1 Å². The van der Waals surface area contributed by atoms with Crippen LogP contribution < -0.4 is 4.90 Å². The minimum Gasteiger partial charge on any atom is -0.311 e. The van der Waals surface area contributed by atoms with Crippen molar-refractivity contribution < 1.29 is 0 Å². The van der Waals surface area contributed by atoms with Gasteiger partial charge in [0.15, 0.2) is 0 Å². The fourth-order valence-electron chi connectivity index (χ4n) is 10.6. The molecule has 318 valence electrons. The molecule has 11 aromatic rings. The van der Waals surface area contributed by atoms with Crippen LogP contribution in [0, 0.1) is 0 Å². The second-order valence-corrected chi connectivity index (χ2v) is 20.2. The van der Waals surface area contributed by atoms with Crippen LogP contribution in [0.5, 0.6) is 0 Å². The van der Waals surface area contributed by atoms with Crippen molar-refractivity contribution in [2.24, 2.45) is 0 Å². The Morgan fingerprint density at radius 3 is 1.43 bits per heavy atom. The van der Waals surface area contributed by atoms with Gasteiger partial charge in [0.2, 0.25) is 0 Å². The molecule has 0 amide bonds. The Kier molecular flexibility index (Phi) is 9.42. The van der Waals surface area contributed by atoms with Gasteiger partial charge in [-0.25, -0.2) is 0 Å². The monoisotopic (exact) mass is 892 g/mol. The standard InChI is InChI=1S/C63H44N2S2/c1-63(2)54-39-37-52-51-17-9-10-18-55(51)65(61(52)59(54)53-38-40-58-62(60(53)63)67-57-20-12-11-19-56(57)66-58)50-35-27-46(28-36-50)45-25-33-49(34-26-45)64(47-29-21-43(22-30-47)41-13-5-3-6-14-41)48-31-23-44(24-32-48)42-15-7-4-8-16-42/h3-40H,1-2H3. The van der Waals surface area contributed by atoms with Gasteiger partial charge in [-0.3, -0.25) is 0 Å². The van der Waals surface area contributed by atoms with E-state index in [4.69, 9.17) is 0 Å². The van der Waals surface area contributed by atoms with Crippen molar-refractivity contribution in [2.75, 3.05) is 4.90 Å². The van der Waals surface area contributed by atoms with Crippen LogP contribution in [-0.2, 0) is 5.41 Å². The molecule has 4 heteroatoms. The summed E-state index contributed by atoms with van der Waals surface area (Å²) in [4.78, 5) is 7.79. The molecule has 67 heavy (non-hydrogen) atoms. The molecular formula is C63H44N2S2. The SMILES string of the molecule is CC1(C)c2ccc3c4ccccc4n(-c4ccc(-c5ccc(N(c6ccc(-c7ccccc7)cc6)c6ccc(-c7ccccc7)cc6)cc5)cc4)c3c2-c2ccc3c(c21)Sc1ccccc1S3. The van der Waals surface area contributed by atoms with Crippen molar-refractivity contribution in [3.05, 3.63) is 242 Å². The lowest BCUT2D eigenvalue weighted by Gasteiger charge is -2.28. The van der Waals surface area contributed by atoms with Crippen LogP contribution in [0.15, 0.2) is 250 Å². The third-order valence-corrected chi connectivity index (χ3v) is 16.5. The zero-order chi connectivity index (χ0) is 44.6. The molecule has 13 rings (SSSR count). The van der Waals surface area contributed by atoms with E-state index >= 15 is 0 Å². The fourth-order valence-corrected chi connectivity index (χ4v) is 13.1. The maximum absolute atomic E-state index is 2.52. The average Bonchev–Trinajstić information content (AvgIpc) is 3.85. The summed E-state index contributed by atoms with van der Waals surface area (Å²) in [5.41, 5.74) is 19.5. The van der Waals surface area contributed by atoms with E-state index in [0.29, 0.717) is 0 Å². The Bertz CT molecular complexity index is 3580. The van der Waals surface area contributed by atoms with Gasteiger partial charge in [-0.2, -0.15) is 0 Å². The molecule has 1 aromatic heterocycles. The summed E-state index contributed by atoms with van der Waals surface area (Å²) in [6.07, 6.45) is 0. The predicted molar refractivity (Wildman–Crippen MR) is 284 cm³/mol. The van der Waals surface area contributed by atoms with Crippen LogP contribution in [0.2, 0.25) is 0 Å². The number of hydrogen-bond acceptors (Lipinski definition) is 3. The Morgan fingerprint density at radius 1 is 0.388 bits per heavy atom. The first kappa shape index (κ1) is 39.8. The molecular weight excluding hydrogens is 849 g/mol. The highest BCUT2D eigenvalue weighted by Gasteiger charge is 2.41. The minimum absolute atomic E-state index is 0.159. The summed E-state index contributed by atoms with van der Waals surface area (Å²) in [5.74, 6) is 0. The van der Waals surface area contributed by atoms with Crippen LogP contribution in [0.3, 0.4) is 0 Å². The minimum atomic E-state index is -0.159. The van der Waals surface area contributed by atoms with E-state index in [2.05, 4.69) is 254 Å². The summed E-state index contributed by atoms with van der Waals surface area (Å²) in [6.45, 7) is 4.84. The average molecular weight is 893 g/mol. The Morgan fingerprint density at radius 2 is 0.866 bits per heavy atom. The Balaban J connectivity index is 0.874. The van der Waals surface area contributed by atoms with Crippen molar-refractivity contribution in [3.8, 4) is 50.2 Å². The van der Waals surface area contributed by atoms with Gasteiger partial charge < -0.3 is 9.47 Å². The summed E-state index contributed by atoms with van der Waals surface area (Å²) in [7, 11) is 0. The topological polar surface area (TPSA) is 8.17 Å². The molecule has 1 aliphatic heterocycles. The van der Waals surface area contributed by atoms with Crippen LogP contribution in [-0.4, -0.2) is 4.57 Å². The first-order chi connectivity index (χ1) is 33.0. The maximum Gasteiger partial charge on any atom is 0.0622 e. The van der Waals surface area contributed by atoms with Crippen molar-refractivity contribution >= 4 is 62.4 Å². The number of anilines is 3. The van der Waals surface area contributed by atoms with Crippen molar-refractivity contribution in [1.29, 1.82) is 0 Å². The van der Waals surface area contributed by atoms with Gasteiger partial charge in [-0.1, -0.05) is 195 Å². The molecule has 2 nitrogen and oxygen atoms in total. The maximum atomic E-state index is 2.52. The zero-order valence-electron chi connectivity index (χ0n) is 37.2. The normalized spacial score (nSPS) is 13.2. The molecule has 0 unspecified atom stereocenters. The highest BCUT2D eigenvalue weighted by Crippen LogP contribution is 2.60. The van der Waals surface area contributed by atoms with E-state index in [-0.39, 0.29) is 5.41 Å². The van der Waals surface area contributed by atoms with Gasteiger partial charge in [-0.05, 0) is 123 Å². The predicted octanol–water partition coefficient (Wildman–Crippen LogP) is 18.2. The van der Waals surface area contributed by atoms with Gasteiger partial charge >= 0.3 is 0 Å². The van der Waals surface area contributed by atoms with E-state index in [0.717, 1.165) is 22.7 Å². The number of aromatic nitrogens is 1. The quantitative estimate of drug-likeness (QED) is 0.158. The Labute approximate surface area is 400 Å². The molecule has 10 aromatic carbocycles. The lowest BCUT2D eigenvalue weighted by Crippen LogP contribution is -2.17. The van der Waals surface area contributed by atoms with Crippen molar-refractivity contribution in [2.45, 2.75) is 38.8 Å². The van der Waals surface area contributed by atoms with Crippen LogP contribution in [0.1, 0.15) is 25.0 Å². The van der Waals surface area contributed by atoms with Gasteiger partial charge in [-0.15, -0.1) is 0 Å². The summed E-state index contributed by atoms with van der Waals surface area (Å²) in [5, 5.41) is 2.56. The highest BCUT2D eigenvalue weighted by atomic mass is 32.2. The molecule has 0 saturated heterocycles. The molecule has 0 radical (unpaired) electrons. The number of nitrogens with zero attached hydrogens (tertiary/aromatic N) is 2. The Hall–Kier alpha value is -7.50. The summed E-state index contributed by atoms with van der Waals surface area (Å²) >= 11 is 3.85. The number of fused-ring (bicyclic) bond motifs is 10. The summed E-state index contributed by atoms with van der Waals surface area (Å²) in [6, 6.07) is 84.5. The van der Waals surface area contributed by atoms with E-state index in [1.54, 1.807) is 0 Å². The third-order valence-electron chi connectivity index (χ3n) is 13.9. The molecule has 1 aliphatic carbocycles. The number of rotatable bonds is 7. The third kappa shape index (κ3) is 6.58. The fraction of sp³-hybridized carbons (Fsp3) is 0.0476. The molecule has 2 heterocycles. The summed E-state index contributed by atoms with van der Waals surface area (Å²) < 4.78 is 2.52. The molecule has 0 bridgehead atoms. The van der Waals surface area contributed by atoms with Crippen molar-refractivity contribution in [3.63, 3.8) is 0 Å². The number of para-hydroxylation sites is 1. The van der Waals surface area contributed by atoms with E-state index < -0.39 is 0 Å². The zero-order valence-corrected chi connectivity index (χ0v) is 38.8. The molecule has 0 fully saturated rings. The number of benzene rings is 10. The molecule has 0 spiro atoms. The van der Waals surface area contributed by atoms with E-state index in [1.807, 2.05) is 23.5 Å². The van der Waals surface area contributed by atoms with Crippen LogP contribution in [0.25, 0.3) is 72.0 Å². The lowest BCUT2D eigenvalue weighted by atomic mass is 9.82. The smallest absolute Gasteiger partial charge is 0.0622 e. The highest BCUT2D eigenvalue weighted by molar-refractivity contribution is 8.05. The largest absolute Gasteiger partial charge is 0.311 e. The van der Waals surface area contributed by atoms with E-state index in [1.165, 1.54) is 97.0 Å². The van der Waals surface area contributed by atoms with E-state index in [9.17, 15) is 0 Å². The number of hydrogen-bond donors (Lipinski definition) is 0.